The Kier molecular flexibility index (Phi) is 4.27. The van der Waals surface area contributed by atoms with Crippen molar-refractivity contribution in [2.45, 2.75) is 20.3 Å². The highest BCUT2D eigenvalue weighted by Gasteiger charge is 2.25. The zero-order chi connectivity index (χ0) is 13.1. The molecule has 1 aliphatic heterocycles. The highest BCUT2D eigenvalue weighted by molar-refractivity contribution is 9.10. The third kappa shape index (κ3) is 3.48. The molecular weight excluding hydrogens is 292 g/mol. The summed E-state index contributed by atoms with van der Waals surface area (Å²) in [4.78, 5) is 14.1. The van der Waals surface area contributed by atoms with Crippen LogP contribution in [0.25, 0.3) is 0 Å². The molecule has 2 rings (SSSR count). The number of carbonyl (C=O) groups excluding carboxylic acids is 1. The Bertz CT molecular complexity index is 408. The monoisotopic (exact) mass is 310 g/mol. The van der Waals surface area contributed by atoms with Gasteiger partial charge in [0.15, 0.2) is 0 Å². The zero-order valence-electron chi connectivity index (χ0n) is 10.8. The summed E-state index contributed by atoms with van der Waals surface area (Å²) < 4.78 is 1.01. The Labute approximate surface area is 117 Å². The second-order valence-corrected chi connectivity index (χ2v) is 6.20. The molecule has 1 aromatic carbocycles. The largest absolute Gasteiger partial charge is 0.324 e. The molecule has 98 valence electrons. The lowest BCUT2D eigenvalue weighted by Crippen LogP contribution is -2.44. The minimum absolute atomic E-state index is 0.00993. The average molecular weight is 311 g/mol. The van der Waals surface area contributed by atoms with Gasteiger partial charge < -0.3 is 10.2 Å². The van der Waals surface area contributed by atoms with Crippen molar-refractivity contribution in [3.8, 4) is 0 Å². The van der Waals surface area contributed by atoms with Crippen LogP contribution in [-0.4, -0.2) is 24.0 Å². The van der Waals surface area contributed by atoms with E-state index in [-0.39, 0.29) is 6.03 Å². The number of benzene rings is 1. The van der Waals surface area contributed by atoms with Gasteiger partial charge in [-0.05, 0) is 42.5 Å². The van der Waals surface area contributed by atoms with E-state index in [0.29, 0.717) is 11.8 Å². The van der Waals surface area contributed by atoms with Crippen LogP contribution >= 0.6 is 15.9 Å². The van der Waals surface area contributed by atoms with Crippen molar-refractivity contribution in [1.82, 2.24) is 4.90 Å². The van der Waals surface area contributed by atoms with Crippen molar-refractivity contribution >= 4 is 27.6 Å². The van der Waals surface area contributed by atoms with Crippen LogP contribution < -0.4 is 5.32 Å². The lowest BCUT2D eigenvalue weighted by atomic mass is 9.92. The van der Waals surface area contributed by atoms with E-state index in [9.17, 15) is 4.79 Å². The van der Waals surface area contributed by atoms with Crippen LogP contribution in [0.4, 0.5) is 10.5 Å². The Morgan fingerprint density at radius 1 is 1.22 bits per heavy atom. The summed E-state index contributed by atoms with van der Waals surface area (Å²) >= 11 is 3.38. The molecule has 1 aliphatic rings. The molecule has 0 bridgehead atoms. The summed E-state index contributed by atoms with van der Waals surface area (Å²) in [5, 5.41) is 2.95. The van der Waals surface area contributed by atoms with E-state index in [2.05, 4.69) is 35.1 Å². The highest BCUT2D eigenvalue weighted by atomic mass is 79.9. The third-order valence-electron chi connectivity index (χ3n) is 3.25. The summed E-state index contributed by atoms with van der Waals surface area (Å²) in [5.74, 6) is 1.17. The van der Waals surface area contributed by atoms with E-state index in [0.717, 1.165) is 23.2 Å². The molecule has 0 spiro atoms. The molecule has 2 amide bonds. The molecule has 1 heterocycles. The molecule has 2 unspecified atom stereocenters. The van der Waals surface area contributed by atoms with Gasteiger partial charge in [-0.15, -0.1) is 0 Å². The van der Waals surface area contributed by atoms with Crippen molar-refractivity contribution in [3.05, 3.63) is 28.7 Å². The first-order chi connectivity index (χ1) is 8.54. The summed E-state index contributed by atoms with van der Waals surface area (Å²) in [5.41, 5.74) is 0.842. The van der Waals surface area contributed by atoms with E-state index >= 15 is 0 Å². The van der Waals surface area contributed by atoms with Crippen molar-refractivity contribution in [3.63, 3.8) is 0 Å². The van der Waals surface area contributed by atoms with Crippen LogP contribution in [-0.2, 0) is 0 Å². The van der Waals surface area contributed by atoms with Gasteiger partial charge in [-0.3, -0.25) is 0 Å². The van der Waals surface area contributed by atoms with Crippen molar-refractivity contribution in [2.24, 2.45) is 11.8 Å². The summed E-state index contributed by atoms with van der Waals surface area (Å²) in [6.07, 6.45) is 1.21. The predicted octanol–water partition coefficient (Wildman–Crippen LogP) is 3.96. The van der Waals surface area contributed by atoms with Gasteiger partial charge in [0, 0.05) is 23.2 Å². The maximum atomic E-state index is 12.1. The van der Waals surface area contributed by atoms with Crippen molar-refractivity contribution < 1.29 is 4.79 Å². The standard InChI is InChI=1S/C14H19BrN2O/c1-10-7-11(2)9-17(8-10)14(18)16-13-5-3-12(15)4-6-13/h3-6,10-11H,7-9H2,1-2H3,(H,16,18). The lowest BCUT2D eigenvalue weighted by Gasteiger charge is -2.34. The number of halogens is 1. The van der Waals surface area contributed by atoms with Gasteiger partial charge in [0.1, 0.15) is 0 Å². The number of urea groups is 1. The Hall–Kier alpha value is -1.03. The van der Waals surface area contributed by atoms with E-state index < -0.39 is 0 Å². The smallest absolute Gasteiger partial charge is 0.321 e. The Morgan fingerprint density at radius 3 is 2.33 bits per heavy atom. The van der Waals surface area contributed by atoms with Crippen LogP contribution in [0.15, 0.2) is 28.7 Å². The van der Waals surface area contributed by atoms with Crippen molar-refractivity contribution in [1.29, 1.82) is 0 Å². The number of likely N-dealkylation sites (tertiary alicyclic amines) is 1. The normalized spacial score (nSPS) is 23.8. The fourth-order valence-electron chi connectivity index (χ4n) is 2.56. The lowest BCUT2D eigenvalue weighted by molar-refractivity contribution is 0.156. The van der Waals surface area contributed by atoms with E-state index in [4.69, 9.17) is 0 Å². The second-order valence-electron chi connectivity index (χ2n) is 5.29. The number of nitrogens with one attached hydrogen (secondary N) is 1. The Balaban J connectivity index is 1.97. The van der Waals surface area contributed by atoms with E-state index in [1.165, 1.54) is 6.42 Å². The van der Waals surface area contributed by atoms with Gasteiger partial charge >= 0.3 is 6.03 Å². The molecule has 0 radical (unpaired) electrons. The minimum Gasteiger partial charge on any atom is -0.324 e. The third-order valence-corrected chi connectivity index (χ3v) is 3.78. The van der Waals surface area contributed by atoms with Crippen LogP contribution in [0.5, 0.6) is 0 Å². The molecule has 18 heavy (non-hydrogen) atoms. The molecule has 1 fully saturated rings. The molecule has 2 atom stereocenters. The van der Waals surface area contributed by atoms with Crippen LogP contribution in [0.2, 0.25) is 0 Å². The molecule has 3 nitrogen and oxygen atoms in total. The van der Waals surface area contributed by atoms with Crippen LogP contribution in [0, 0.1) is 11.8 Å². The summed E-state index contributed by atoms with van der Waals surface area (Å²) in [6.45, 7) is 6.12. The SMILES string of the molecule is CC1CC(C)CN(C(=O)Nc2ccc(Br)cc2)C1. The summed E-state index contributed by atoms with van der Waals surface area (Å²) in [6, 6.07) is 7.67. The first-order valence-electron chi connectivity index (χ1n) is 6.36. The topological polar surface area (TPSA) is 32.3 Å². The molecule has 0 aliphatic carbocycles. The number of rotatable bonds is 1. The van der Waals surface area contributed by atoms with E-state index in [1.54, 1.807) is 0 Å². The zero-order valence-corrected chi connectivity index (χ0v) is 12.4. The van der Waals surface area contributed by atoms with Crippen LogP contribution in [0.3, 0.4) is 0 Å². The predicted molar refractivity (Wildman–Crippen MR) is 77.7 cm³/mol. The molecule has 1 N–H and O–H groups in total. The average Bonchev–Trinajstić information content (AvgIpc) is 2.31. The number of carbonyl (C=O) groups is 1. The highest BCUT2D eigenvalue weighted by Crippen LogP contribution is 2.22. The number of hydrogen-bond acceptors (Lipinski definition) is 1. The number of anilines is 1. The number of piperidine rings is 1. The van der Waals surface area contributed by atoms with Crippen LogP contribution in [0.1, 0.15) is 20.3 Å². The first kappa shape index (κ1) is 13.4. The molecular formula is C14H19BrN2O. The molecule has 1 aromatic rings. The Morgan fingerprint density at radius 2 is 1.78 bits per heavy atom. The van der Waals surface area contributed by atoms with Crippen molar-refractivity contribution in [2.75, 3.05) is 18.4 Å². The van der Waals surface area contributed by atoms with Gasteiger partial charge in [-0.25, -0.2) is 4.79 Å². The maximum absolute atomic E-state index is 12.1. The molecule has 0 saturated carbocycles. The quantitative estimate of drug-likeness (QED) is 0.836. The maximum Gasteiger partial charge on any atom is 0.321 e. The van der Waals surface area contributed by atoms with E-state index in [1.807, 2.05) is 29.2 Å². The molecule has 4 heteroatoms. The minimum atomic E-state index is 0.00993. The fourth-order valence-corrected chi connectivity index (χ4v) is 2.83. The second kappa shape index (κ2) is 5.74. The van der Waals surface area contributed by atoms with Gasteiger partial charge in [0.05, 0.1) is 0 Å². The summed E-state index contributed by atoms with van der Waals surface area (Å²) in [7, 11) is 0. The molecule has 0 aromatic heterocycles. The fraction of sp³-hybridized carbons (Fsp3) is 0.500. The molecule has 1 saturated heterocycles. The first-order valence-corrected chi connectivity index (χ1v) is 7.15. The number of amides is 2. The van der Waals surface area contributed by atoms with Gasteiger partial charge in [0.25, 0.3) is 0 Å². The van der Waals surface area contributed by atoms with Gasteiger partial charge in [-0.1, -0.05) is 29.8 Å². The van der Waals surface area contributed by atoms with Gasteiger partial charge in [0.2, 0.25) is 0 Å². The number of nitrogens with zero attached hydrogens (tertiary/aromatic N) is 1. The number of hydrogen-bond donors (Lipinski definition) is 1. The van der Waals surface area contributed by atoms with Gasteiger partial charge in [-0.2, -0.15) is 0 Å².